The minimum atomic E-state index is -0.147. The predicted octanol–water partition coefficient (Wildman–Crippen LogP) is 5.79. The van der Waals surface area contributed by atoms with Gasteiger partial charge in [-0.3, -0.25) is 10.1 Å². The zero-order valence-electron chi connectivity index (χ0n) is 13.2. The zero-order valence-corrected chi connectivity index (χ0v) is 14.8. The number of benzene rings is 2. The van der Waals surface area contributed by atoms with Gasteiger partial charge in [-0.15, -0.1) is 11.3 Å². The van der Waals surface area contributed by atoms with Gasteiger partial charge in [0.05, 0.1) is 9.75 Å². The first-order valence-corrected chi connectivity index (χ1v) is 9.47. The van der Waals surface area contributed by atoms with Gasteiger partial charge in [0.25, 0.3) is 5.91 Å². The fourth-order valence-electron chi connectivity index (χ4n) is 2.50. The van der Waals surface area contributed by atoms with Crippen molar-refractivity contribution < 1.29 is 4.79 Å². The first-order valence-electron chi connectivity index (χ1n) is 7.78. The van der Waals surface area contributed by atoms with Gasteiger partial charge in [0.1, 0.15) is 5.69 Å². The summed E-state index contributed by atoms with van der Waals surface area (Å²) in [7, 11) is 0. The third-order valence-corrected chi connectivity index (χ3v) is 5.57. The van der Waals surface area contributed by atoms with Crippen molar-refractivity contribution in [2.24, 2.45) is 0 Å². The molecule has 0 aliphatic carbocycles. The lowest BCUT2D eigenvalue weighted by atomic mass is 10.1. The minimum absolute atomic E-state index is 0.147. The van der Waals surface area contributed by atoms with Gasteiger partial charge in [-0.25, -0.2) is 4.98 Å². The highest BCUT2D eigenvalue weighted by Gasteiger charge is 2.17. The molecule has 0 saturated carbocycles. The Labute approximate surface area is 153 Å². The lowest BCUT2D eigenvalue weighted by molar-refractivity contribution is 0.102. The van der Waals surface area contributed by atoms with E-state index in [0.29, 0.717) is 10.7 Å². The fourth-order valence-corrected chi connectivity index (χ4v) is 4.26. The summed E-state index contributed by atoms with van der Waals surface area (Å²) < 4.78 is 0. The van der Waals surface area contributed by atoms with Crippen LogP contribution in [-0.2, 0) is 0 Å². The Balaban J connectivity index is 1.71. The van der Waals surface area contributed by atoms with Crippen LogP contribution in [0.5, 0.6) is 0 Å². The zero-order chi connectivity index (χ0) is 17.1. The van der Waals surface area contributed by atoms with Gasteiger partial charge >= 0.3 is 0 Å². The van der Waals surface area contributed by atoms with E-state index >= 15 is 0 Å². The maximum atomic E-state index is 12.4. The SMILES string of the molecule is O=C(Nc1nc(-c2cccs2)c(-c2ccccc2)s1)c1ccccc1. The molecular weight excluding hydrogens is 348 g/mol. The summed E-state index contributed by atoms with van der Waals surface area (Å²) >= 11 is 3.14. The number of amides is 1. The van der Waals surface area contributed by atoms with Crippen LogP contribution < -0.4 is 5.32 Å². The molecule has 1 N–H and O–H groups in total. The molecule has 5 heteroatoms. The van der Waals surface area contributed by atoms with Crippen molar-refractivity contribution in [1.82, 2.24) is 4.98 Å². The average molecular weight is 362 g/mol. The van der Waals surface area contributed by atoms with E-state index in [2.05, 4.69) is 23.5 Å². The molecule has 2 heterocycles. The quantitative estimate of drug-likeness (QED) is 0.499. The van der Waals surface area contributed by atoms with Gasteiger partial charge in [0, 0.05) is 5.56 Å². The van der Waals surface area contributed by atoms with E-state index in [1.807, 2.05) is 47.8 Å². The number of carbonyl (C=O) groups excluding carboxylic acids is 1. The van der Waals surface area contributed by atoms with Crippen LogP contribution in [0.25, 0.3) is 21.0 Å². The predicted molar refractivity (Wildman–Crippen MR) is 105 cm³/mol. The molecule has 0 aliphatic rings. The molecule has 3 nitrogen and oxygen atoms in total. The van der Waals surface area contributed by atoms with Crippen LogP contribution in [0.1, 0.15) is 10.4 Å². The van der Waals surface area contributed by atoms with Crippen LogP contribution in [0.15, 0.2) is 78.2 Å². The summed E-state index contributed by atoms with van der Waals surface area (Å²) in [5, 5.41) is 5.56. The topological polar surface area (TPSA) is 42.0 Å². The number of anilines is 1. The number of aromatic nitrogens is 1. The van der Waals surface area contributed by atoms with E-state index in [4.69, 9.17) is 4.98 Å². The second-order valence-electron chi connectivity index (χ2n) is 5.36. The van der Waals surface area contributed by atoms with E-state index in [9.17, 15) is 4.79 Å². The second kappa shape index (κ2) is 7.01. The molecule has 0 saturated heterocycles. The summed E-state index contributed by atoms with van der Waals surface area (Å²) in [6.07, 6.45) is 0. The maximum Gasteiger partial charge on any atom is 0.257 e. The molecule has 0 unspecified atom stereocenters. The van der Waals surface area contributed by atoms with Gasteiger partial charge in [-0.1, -0.05) is 65.9 Å². The molecule has 2 aromatic heterocycles. The Hall–Kier alpha value is -2.76. The van der Waals surface area contributed by atoms with Gasteiger partial charge in [-0.05, 0) is 29.1 Å². The number of thiophene rings is 1. The summed E-state index contributed by atoms with van der Waals surface area (Å²) in [5.41, 5.74) is 2.63. The van der Waals surface area contributed by atoms with Gasteiger partial charge in [-0.2, -0.15) is 0 Å². The number of nitrogens with one attached hydrogen (secondary N) is 1. The number of thiazole rings is 1. The summed E-state index contributed by atoms with van der Waals surface area (Å²) in [6, 6.07) is 23.4. The van der Waals surface area contributed by atoms with Crippen molar-refractivity contribution in [2.45, 2.75) is 0 Å². The standard InChI is InChI=1S/C20H14N2OS2/c23-19(15-10-5-2-6-11-15)22-20-21-17(16-12-7-13-24-16)18(25-20)14-8-3-1-4-9-14/h1-13H,(H,21,22,23). The van der Waals surface area contributed by atoms with E-state index < -0.39 is 0 Å². The van der Waals surface area contributed by atoms with Crippen LogP contribution in [0.2, 0.25) is 0 Å². The van der Waals surface area contributed by atoms with Crippen LogP contribution >= 0.6 is 22.7 Å². The fraction of sp³-hybridized carbons (Fsp3) is 0. The average Bonchev–Trinajstić information content (AvgIpc) is 3.33. The van der Waals surface area contributed by atoms with E-state index in [1.54, 1.807) is 23.5 Å². The largest absolute Gasteiger partial charge is 0.298 e. The highest BCUT2D eigenvalue weighted by atomic mass is 32.1. The van der Waals surface area contributed by atoms with Crippen molar-refractivity contribution >= 4 is 33.7 Å². The second-order valence-corrected chi connectivity index (χ2v) is 7.31. The Morgan fingerprint density at radius 3 is 2.28 bits per heavy atom. The Morgan fingerprint density at radius 1 is 0.880 bits per heavy atom. The summed E-state index contributed by atoms with van der Waals surface area (Å²) in [4.78, 5) is 19.3. The molecule has 1 amide bonds. The third-order valence-electron chi connectivity index (χ3n) is 3.67. The molecule has 0 atom stereocenters. The normalized spacial score (nSPS) is 10.6. The van der Waals surface area contributed by atoms with E-state index in [-0.39, 0.29) is 5.91 Å². The van der Waals surface area contributed by atoms with Crippen LogP contribution in [0.3, 0.4) is 0 Å². The molecule has 0 spiro atoms. The molecule has 122 valence electrons. The third kappa shape index (κ3) is 3.38. The number of hydrogen-bond acceptors (Lipinski definition) is 4. The molecular formula is C20H14N2OS2. The van der Waals surface area contributed by atoms with Crippen LogP contribution in [0, 0.1) is 0 Å². The molecule has 4 rings (SSSR count). The molecule has 25 heavy (non-hydrogen) atoms. The number of hydrogen-bond donors (Lipinski definition) is 1. The smallest absolute Gasteiger partial charge is 0.257 e. The van der Waals surface area contributed by atoms with Crippen molar-refractivity contribution in [2.75, 3.05) is 5.32 Å². The van der Waals surface area contributed by atoms with Crippen molar-refractivity contribution in [3.63, 3.8) is 0 Å². The minimum Gasteiger partial charge on any atom is -0.298 e. The summed E-state index contributed by atoms with van der Waals surface area (Å²) in [5.74, 6) is -0.147. The maximum absolute atomic E-state index is 12.4. The molecule has 0 bridgehead atoms. The van der Waals surface area contributed by atoms with Crippen molar-refractivity contribution in [1.29, 1.82) is 0 Å². The number of rotatable bonds is 4. The van der Waals surface area contributed by atoms with E-state index in [1.165, 1.54) is 11.3 Å². The van der Waals surface area contributed by atoms with Crippen LogP contribution in [-0.4, -0.2) is 10.9 Å². The van der Waals surface area contributed by atoms with Crippen molar-refractivity contribution in [3.05, 3.63) is 83.7 Å². The van der Waals surface area contributed by atoms with Crippen LogP contribution in [0.4, 0.5) is 5.13 Å². The Morgan fingerprint density at radius 2 is 1.60 bits per heavy atom. The van der Waals surface area contributed by atoms with Gasteiger partial charge in [0.2, 0.25) is 0 Å². The molecule has 0 aliphatic heterocycles. The lowest BCUT2D eigenvalue weighted by Crippen LogP contribution is -2.11. The van der Waals surface area contributed by atoms with Crippen molar-refractivity contribution in [3.8, 4) is 21.0 Å². The monoisotopic (exact) mass is 362 g/mol. The first-order chi connectivity index (χ1) is 12.3. The molecule has 2 aromatic carbocycles. The molecule has 0 radical (unpaired) electrons. The molecule has 4 aromatic rings. The highest BCUT2D eigenvalue weighted by Crippen LogP contribution is 2.40. The first kappa shape index (κ1) is 15.7. The summed E-state index contributed by atoms with van der Waals surface area (Å²) in [6.45, 7) is 0. The van der Waals surface area contributed by atoms with E-state index in [0.717, 1.165) is 21.0 Å². The lowest BCUT2D eigenvalue weighted by Gasteiger charge is -2.00. The van der Waals surface area contributed by atoms with Gasteiger partial charge in [0.15, 0.2) is 5.13 Å². The van der Waals surface area contributed by atoms with Gasteiger partial charge < -0.3 is 0 Å². The Bertz CT molecular complexity index is 977. The highest BCUT2D eigenvalue weighted by molar-refractivity contribution is 7.20. The molecule has 0 fully saturated rings. The Kier molecular flexibility index (Phi) is 4.41. The number of carbonyl (C=O) groups is 1. The number of nitrogens with zero attached hydrogens (tertiary/aromatic N) is 1.